The first-order valence-electron chi connectivity index (χ1n) is 5.77. The lowest BCUT2D eigenvalue weighted by Gasteiger charge is -2.17. The Morgan fingerprint density at radius 2 is 2.06 bits per heavy atom. The van der Waals surface area contributed by atoms with E-state index in [4.69, 9.17) is 5.73 Å². The normalized spacial score (nSPS) is 14.6. The fourth-order valence-electron chi connectivity index (χ4n) is 2.26. The van der Waals surface area contributed by atoms with E-state index < -0.39 is 0 Å². The molecule has 0 amide bonds. The molecule has 2 rings (SSSR count). The molecule has 86 valence electrons. The Kier molecular flexibility index (Phi) is 3.34. The second kappa shape index (κ2) is 4.74. The van der Waals surface area contributed by atoms with Crippen molar-refractivity contribution in [2.75, 3.05) is 6.54 Å². The summed E-state index contributed by atoms with van der Waals surface area (Å²) < 4.78 is 14.1. The fraction of sp³-hybridized carbons (Fsp3) is 0.462. The third kappa shape index (κ3) is 2.00. The molecule has 0 aromatic heterocycles. The largest absolute Gasteiger partial charge is 0.330 e. The average molecular weight is 221 g/mol. The van der Waals surface area contributed by atoms with Crippen LogP contribution in [0.15, 0.2) is 12.1 Å². The van der Waals surface area contributed by atoms with Gasteiger partial charge in [0, 0.05) is 6.42 Å². The third-order valence-electron chi connectivity index (χ3n) is 3.13. The molecular weight excluding hydrogens is 205 g/mol. The molecule has 0 spiro atoms. The van der Waals surface area contributed by atoms with E-state index in [1.807, 2.05) is 6.07 Å². The summed E-state index contributed by atoms with van der Waals surface area (Å²) in [7, 11) is 0. The van der Waals surface area contributed by atoms with Crippen LogP contribution in [0.2, 0.25) is 0 Å². The van der Waals surface area contributed by atoms with Crippen LogP contribution >= 0.6 is 0 Å². The SMILES string of the molecule is NCCC(=O)c1ccc2c(c1F)CCCC2. The van der Waals surface area contributed by atoms with Crippen LogP contribution in [0.4, 0.5) is 4.39 Å². The first kappa shape index (κ1) is 11.3. The Labute approximate surface area is 94.6 Å². The number of rotatable bonds is 3. The molecule has 0 atom stereocenters. The van der Waals surface area contributed by atoms with Gasteiger partial charge in [0.1, 0.15) is 5.82 Å². The standard InChI is InChI=1S/C13H16FNO/c14-13-10-4-2-1-3-9(10)5-6-11(13)12(16)7-8-15/h5-6H,1-4,7-8,15H2. The molecule has 1 aromatic rings. The summed E-state index contributed by atoms with van der Waals surface area (Å²) >= 11 is 0. The minimum atomic E-state index is -0.310. The first-order chi connectivity index (χ1) is 7.74. The van der Waals surface area contributed by atoms with Gasteiger partial charge in [0.15, 0.2) is 5.78 Å². The smallest absolute Gasteiger partial charge is 0.167 e. The molecule has 0 saturated heterocycles. The Hall–Kier alpha value is -1.22. The molecule has 0 fully saturated rings. The van der Waals surface area contributed by atoms with Crippen LogP contribution < -0.4 is 5.73 Å². The van der Waals surface area contributed by atoms with E-state index in [0.29, 0.717) is 0 Å². The number of hydrogen-bond acceptors (Lipinski definition) is 2. The number of nitrogens with two attached hydrogens (primary N) is 1. The minimum absolute atomic E-state index is 0.187. The summed E-state index contributed by atoms with van der Waals surface area (Å²) in [5, 5.41) is 0. The van der Waals surface area contributed by atoms with Gasteiger partial charge in [-0.1, -0.05) is 6.07 Å². The van der Waals surface area contributed by atoms with E-state index in [0.717, 1.165) is 36.8 Å². The predicted octanol–water partition coefficient (Wildman–Crippen LogP) is 2.24. The van der Waals surface area contributed by atoms with Crippen molar-refractivity contribution in [1.82, 2.24) is 0 Å². The van der Waals surface area contributed by atoms with Gasteiger partial charge < -0.3 is 5.73 Å². The molecule has 2 N–H and O–H groups in total. The fourth-order valence-corrected chi connectivity index (χ4v) is 2.26. The number of carbonyl (C=O) groups is 1. The number of hydrogen-bond donors (Lipinski definition) is 1. The lowest BCUT2D eigenvalue weighted by Crippen LogP contribution is -2.13. The van der Waals surface area contributed by atoms with E-state index in [1.165, 1.54) is 0 Å². The van der Waals surface area contributed by atoms with Gasteiger partial charge in [-0.05, 0) is 49.4 Å². The number of Topliss-reactive ketones (excluding diaryl/α,β-unsaturated/α-hetero) is 1. The van der Waals surface area contributed by atoms with Crippen molar-refractivity contribution in [3.8, 4) is 0 Å². The van der Waals surface area contributed by atoms with Gasteiger partial charge >= 0.3 is 0 Å². The van der Waals surface area contributed by atoms with Gasteiger partial charge in [0.2, 0.25) is 0 Å². The maximum atomic E-state index is 14.1. The van der Waals surface area contributed by atoms with E-state index >= 15 is 0 Å². The summed E-state index contributed by atoms with van der Waals surface area (Å²) in [6.07, 6.45) is 4.03. The average Bonchev–Trinajstić information content (AvgIpc) is 2.30. The number of carbonyl (C=O) groups excluding carboxylic acids is 1. The topological polar surface area (TPSA) is 43.1 Å². The molecule has 0 unspecified atom stereocenters. The summed E-state index contributed by atoms with van der Waals surface area (Å²) in [5.41, 5.74) is 7.33. The summed E-state index contributed by atoms with van der Waals surface area (Å²) in [5.74, 6) is -0.496. The summed E-state index contributed by atoms with van der Waals surface area (Å²) in [6.45, 7) is 0.273. The molecule has 1 aliphatic rings. The van der Waals surface area contributed by atoms with Crippen molar-refractivity contribution in [3.05, 3.63) is 34.6 Å². The molecule has 0 aliphatic heterocycles. The third-order valence-corrected chi connectivity index (χ3v) is 3.13. The summed E-state index contributed by atoms with van der Waals surface area (Å²) in [6, 6.07) is 3.50. The van der Waals surface area contributed by atoms with Crippen molar-refractivity contribution < 1.29 is 9.18 Å². The zero-order valence-electron chi connectivity index (χ0n) is 9.26. The zero-order chi connectivity index (χ0) is 11.5. The van der Waals surface area contributed by atoms with Crippen molar-refractivity contribution in [2.24, 2.45) is 5.73 Å². The Bertz CT molecular complexity index is 415. The van der Waals surface area contributed by atoms with Crippen molar-refractivity contribution in [1.29, 1.82) is 0 Å². The Balaban J connectivity index is 2.37. The predicted molar refractivity (Wildman–Crippen MR) is 61.0 cm³/mol. The molecule has 0 bridgehead atoms. The maximum Gasteiger partial charge on any atom is 0.167 e. The molecular formula is C13H16FNO. The van der Waals surface area contributed by atoms with Crippen molar-refractivity contribution in [3.63, 3.8) is 0 Å². The molecule has 0 heterocycles. The minimum Gasteiger partial charge on any atom is -0.330 e. The highest BCUT2D eigenvalue weighted by molar-refractivity contribution is 5.96. The highest BCUT2D eigenvalue weighted by Gasteiger charge is 2.19. The highest BCUT2D eigenvalue weighted by Crippen LogP contribution is 2.26. The number of ketones is 1. The highest BCUT2D eigenvalue weighted by atomic mass is 19.1. The van der Waals surface area contributed by atoms with E-state index in [9.17, 15) is 9.18 Å². The van der Waals surface area contributed by atoms with Crippen LogP contribution in [0.3, 0.4) is 0 Å². The molecule has 1 aromatic carbocycles. The van der Waals surface area contributed by atoms with Crippen LogP contribution in [0.25, 0.3) is 0 Å². The molecule has 3 heteroatoms. The van der Waals surface area contributed by atoms with E-state index in [2.05, 4.69) is 0 Å². The lowest BCUT2D eigenvalue weighted by atomic mass is 9.89. The van der Waals surface area contributed by atoms with Crippen LogP contribution in [-0.4, -0.2) is 12.3 Å². The second-order valence-electron chi connectivity index (χ2n) is 4.23. The van der Waals surface area contributed by atoms with Crippen LogP contribution in [0.5, 0.6) is 0 Å². The first-order valence-corrected chi connectivity index (χ1v) is 5.77. The van der Waals surface area contributed by atoms with Crippen LogP contribution in [0, 0.1) is 5.82 Å². The van der Waals surface area contributed by atoms with Gasteiger partial charge in [0.05, 0.1) is 5.56 Å². The zero-order valence-corrected chi connectivity index (χ0v) is 9.26. The monoisotopic (exact) mass is 221 g/mol. The second-order valence-corrected chi connectivity index (χ2v) is 4.23. The van der Waals surface area contributed by atoms with Crippen LogP contribution in [0.1, 0.15) is 40.7 Å². The maximum absolute atomic E-state index is 14.1. The van der Waals surface area contributed by atoms with Gasteiger partial charge in [-0.2, -0.15) is 0 Å². The van der Waals surface area contributed by atoms with Crippen molar-refractivity contribution in [2.45, 2.75) is 32.1 Å². The number of fused-ring (bicyclic) bond motifs is 1. The van der Waals surface area contributed by atoms with Crippen LogP contribution in [-0.2, 0) is 12.8 Å². The number of benzene rings is 1. The Morgan fingerprint density at radius 1 is 1.31 bits per heavy atom. The lowest BCUT2D eigenvalue weighted by molar-refractivity contribution is 0.0981. The number of aryl methyl sites for hydroxylation is 1. The molecule has 2 nitrogen and oxygen atoms in total. The Morgan fingerprint density at radius 3 is 2.81 bits per heavy atom. The van der Waals surface area contributed by atoms with E-state index in [-0.39, 0.29) is 30.1 Å². The summed E-state index contributed by atoms with van der Waals surface area (Å²) in [4.78, 5) is 11.6. The molecule has 1 aliphatic carbocycles. The van der Waals surface area contributed by atoms with Gasteiger partial charge in [0.25, 0.3) is 0 Å². The van der Waals surface area contributed by atoms with E-state index in [1.54, 1.807) is 6.07 Å². The van der Waals surface area contributed by atoms with Gasteiger partial charge in [-0.15, -0.1) is 0 Å². The molecule has 16 heavy (non-hydrogen) atoms. The quantitative estimate of drug-likeness (QED) is 0.795. The van der Waals surface area contributed by atoms with Gasteiger partial charge in [-0.3, -0.25) is 4.79 Å². The van der Waals surface area contributed by atoms with Gasteiger partial charge in [-0.25, -0.2) is 4.39 Å². The molecule has 0 saturated carbocycles. The number of halogens is 1. The van der Waals surface area contributed by atoms with Crippen molar-refractivity contribution >= 4 is 5.78 Å². The molecule has 0 radical (unpaired) electrons.